The van der Waals surface area contributed by atoms with Gasteiger partial charge in [-0.25, -0.2) is 13.6 Å². The smallest absolute Gasteiger partial charge is 0.240 e. The van der Waals surface area contributed by atoms with Gasteiger partial charge in [0.15, 0.2) is 0 Å². The Hall–Kier alpha value is -1.27. The van der Waals surface area contributed by atoms with Crippen LogP contribution < -0.4 is 15.8 Å². The van der Waals surface area contributed by atoms with Crippen LogP contribution in [0, 0.1) is 5.41 Å². The SMILES string of the molecule is CC1(C)CCCN(c2ccc(S(N)(=O)=O)c(N)c2)CC1. The molecule has 0 bridgehead atoms. The zero-order valence-corrected chi connectivity index (χ0v) is 12.9. The van der Waals surface area contributed by atoms with Crippen LogP contribution in [0.3, 0.4) is 0 Å². The van der Waals surface area contributed by atoms with E-state index in [-0.39, 0.29) is 10.6 Å². The largest absolute Gasteiger partial charge is 0.398 e. The Kier molecular flexibility index (Phi) is 3.97. The number of rotatable bonds is 2. The highest BCUT2D eigenvalue weighted by Gasteiger charge is 2.23. The van der Waals surface area contributed by atoms with Crippen LogP contribution >= 0.6 is 0 Å². The van der Waals surface area contributed by atoms with Crippen LogP contribution in [-0.4, -0.2) is 21.5 Å². The molecule has 5 nitrogen and oxygen atoms in total. The molecule has 0 spiro atoms. The highest BCUT2D eigenvalue weighted by molar-refractivity contribution is 7.89. The molecule has 2 rings (SSSR count). The van der Waals surface area contributed by atoms with Gasteiger partial charge in [-0.15, -0.1) is 0 Å². The lowest BCUT2D eigenvalue weighted by molar-refractivity contribution is 0.325. The standard InChI is InChI=1S/C14H23N3O2S/c1-14(2)6-3-8-17(9-7-14)11-4-5-13(12(15)10-11)20(16,18)19/h4-5,10H,3,6-9,15H2,1-2H3,(H2,16,18,19). The first-order valence-corrected chi connectivity index (χ1v) is 8.41. The molecule has 1 saturated heterocycles. The Labute approximate surface area is 121 Å². The van der Waals surface area contributed by atoms with Gasteiger partial charge >= 0.3 is 0 Å². The third-order valence-electron chi connectivity index (χ3n) is 4.01. The number of hydrogen-bond acceptors (Lipinski definition) is 4. The number of nitrogens with zero attached hydrogens (tertiary/aromatic N) is 1. The first kappa shape index (κ1) is 15.1. The van der Waals surface area contributed by atoms with Crippen LogP contribution in [0.2, 0.25) is 0 Å². The van der Waals surface area contributed by atoms with Crippen molar-refractivity contribution in [3.63, 3.8) is 0 Å². The summed E-state index contributed by atoms with van der Waals surface area (Å²) < 4.78 is 22.7. The molecule has 0 amide bonds. The van der Waals surface area contributed by atoms with Crippen LogP contribution in [0.5, 0.6) is 0 Å². The zero-order valence-electron chi connectivity index (χ0n) is 12.1. The van der Waals surface area contributed by atoms with Crippen LogP contribution in [-0.2, 0) is 10.0 Å². The number of nitrogens with two attached hydrogens (primary N) is 2. The molecule has 0 aliphatic carbocycles. The first-order valence-electron chi connectivity index (χ1n) is 6.86. The Morgan fingerprint density at radius 3 is 2.50 bits per heavy atom. The van der Waals surface area contributed by atoms with Crippen molar-refractivity contribution >= 4 is 21.4 Å². The first-order chi connectivity index (χ1) is 9.19. The van der Waals surface area contributed by atoms with Crippen molar-refractivity contribution in [2.45, 2.75) is 38.0 Å². The van der Waals surface area contributed by atoms with Crippen molar-refractivity contribution < 1.29 is 8.42 Å². The molecule has 4 N–H and O–H groups in total. The van der Waals surface area contributed by atoms with E-state index >= 15 is 0 Å². The molecule has 0 radical (unpaired) electrons. The van der Waals surface area contributed by atoms with E-state index in [0.717, 1.165) is 31.6 Å². The highest BCUT2D eigenvalue weighted by atomic mass is 32.2. The molecule has 0 saturated carbocycles. The minimum atomic E-state index is -3.75. The van der Waals surface area contributed by atoms with Crippen molar-refractivity contribution in [2.24, 2.45) is 10.6 Å². The summed E-state index contributed by atoms with van der Waals surface area (Å²) in [6.07, 6.45) is 3.45. The lowest BCUT2D eigenvalue weighted by atomic mass is 9.85. The van der Waals surface area contributed by atoms with Gasteiger partial charge in [-0.2, -0.15) is 0 Å². The molecule has 112 valence electrons. The Morgan fingerprint density at radius 1 is 1.20 bits per heavy atom. The van der Waals surface area contributed by atoms with E-state index in [2.05, 4.69) is 18.7 Å². The van der Waals surface area contributed by atoms with Gasteiger partial charge in [0.1, 0.15) is 4.90 Å². The molecule has 0 aromatic heterocycles. The monoisotopic (exact) mass is 297 g/mol. The van der Waals surface area contributed by atoms with Gasteiger partial charge in [0, 0.05) is 18.8 Å². The molecule has 1 heterocycles. The highest BCUT2D eigenvalue weighted by Crippen LogP contribution is 2.32. The average molecular weight is 297 g/mol. The molecule has 1 aliphatic heterocycles. The third kappa shape index (κ3) is 3.43. The maximum atomic E-state index is 11.4. The normalized spacial score (nSPS) is 19.6. The van der Waals surface area contributed by atoms with Gasteiger partial charge in [-0.1, -0.05) is 13.8 Å². The van der Waals surface area contributed by atoms with E-state index in [9.17, 15) is 8.42 Å². The van der Waals surface area contributed by atoms with Crippen molar-refractivity contribution in [3.05, 3.63) is 18.2 Å². The summed E-state index contributed by atoms with van der Waals surface area (Å²) in [6.45, 7) is 6.50. The van der Waals surface area contributed by atoms with E-state index in [4.69, 9.17) is 10.9 Å². The van der Waals surface area contributed by atoms with Crippen LogP contribution in [0.25, 0.3) is 0 Å². The van der Waals surface area contributed by atoms with Crippen molar-refractivity contribution in [3.8, 4) is 0 Å². The maximum Gasteiger partial charge on any atom is 0.240 e. The number of nitrogen functional groups attached to an aromatic ring is 1. The van der Waals surface area contributed by atoms with Crippen LogP contribution in [0.1, 0.15) is 33.1 Å². The molecule has 1 aliphatic rings. The van der Waals surface area contributed by atoms with Gasteiger partial charge < -0.3 is 10.6 Å². The van der Waals surface area contributed by atoms with Gasteiger partial charge in [0.05, 0.1) is 5.69 Å². The minimum absolute atomic E-state index is 0.00333. The predicted molar refractivity (Wildman–Crippen MR) is 82.1 cm³/mol. The lowest BCUT2D eigenvalue weighted by Crippen LogP contribution is -2.25. The number of hydrogen-bond donors (Lipinski definition) is 2. The summed E-state index contributed by atoms with van der Waals surface area (Å²) in [6, 6.07) is 4.99. The summed E-state index contributed by atoms with van der Waals surface area (Å²) in [5.41, 5.74) is 7.36. The van der Waals surface area contributed by atoms with E-state index in [1.807, 2.05) is 0 Å². The van der Waals surface area contributed by atoms with Crippen LogP contribution in [0.15, 0.2) is 23.1 Å². The lowest BCUT2D eigenvalue weighted by Gasteiger charge is -2.25. The van der Waals surface area contributed by atoms with Gasteiger partial charge in [-0.05, 0) is 42.9 Å². The second kappa shape index (κ2) is 5.26. The molecule has 1 aromatic carbocycles. The Bertz CT molecular complexity index is 596. The fourth-order valence-corrected chi connectivity index (χ4v) is 3.32. The number of anilines is 2. The van der Waals surface area contributed by atoms with Crippen molar-refractivity contribution in [2.75, 3.05) is 23.7 Å². The predicted octanol–water partition coefficient (Wildman–Crippen LogP) is 1.93. The zero-order chi connectivity index (χ0) is 15.0. The maximum absolute atomic E-state index is 11.4. The summed E-state index contributed by atoms with van der Waals surface area (Å²) in [5, 5.41) is 5.13. The second-order valence-corrected chi connectivity index (χ2v) is 7.80. The fraction of sp³-hybridized carbons (Fsp3) is 0.571. The summed E-state index contributed by atoms with van der Waals surface area (Å²) >= 11 is 0. The molecular formula is C14H23N3O2S. The molecule has 20 heavy (non-hydrogen) atoms. The fourth-order valence-electron chi connectivity index (χ4n) is 2.67. The quantitative estimate of drug-likeness (QED) is 0.816. The molecule has 1 aromatic rings. The topological polar surface area (TPSA) is 89.4 Å². The average Bonchev–Trinajstić information content (AvgIpc) is 2.48. The van der Waals surface area contributed by atoms with Crippen molar-refractivity contribution in [1.82, 2.24) is 0 Å². The van der Waals surface area contributed by atoms with Crippen molar-refractivity contribution in [1.29, 1.82) is 0 Å². The minimum Gasteiger partial charge on any atom is -0.398 e. The summed E-state index contributed by atoms with van der Waals surface area (Å²) in [5.74, 6) is 0. The molecule has 0 unspecified atom stereocenters. The molecule has 0 atom stereocenters. The summed E-state index contributed by atoms with van der Waals surface area (Å²) in [4.78, 5) is 2.26. The molecule has 1 fully saturated rings. The molecular weight excluding hydrogens is 274 g/mol. The number of sulfonamides is 1. The summed E-state index contributed by atoms with van der Waals surface area (Å²) in [7, 11) is -3.75. The third-order valence-corrected chi connectivity index (χ3v) is 4.99. The van der Waals surface area contributed by atoms with E-state index in [1.165, 1.54) is 12.5 Å². The van der Waals surface area contributed by atoms with Gasteiger partial charge in [0.2, 0.25) is 10.0 Å². The van der Waals surface area contributed by atoms with E-state index in [0.29, 0.717) is 5.41 Å². The second-order valence-electron chi connectivity index (χ2n) is 6.27. The Morgan fingerprint density at radius 2 is 1.90 bits per heavy atom. The van der Waals surface area contributed by atoms with Gasteiger partial charge in [0.25, 0.3) is 0 Å². The van der Waals surface area contributed by atoms with Gasteiger partial charge in [-0.3, -0.25) is 0 Å². The number of primary sulfonamides is 1. The number of benzene rings is 1. The van der Waals surface area contributed by atoms with Crippen LogP contribution in [0.4, 0.5) is 11.4 Å². The Balaban J connectivity index is 2.24. The van der Waals surface area contributed by atoms with E-state index in [1.54, 1.807) is 12.1 Å². The molecule has 6 heteroatoms. The van der Waals surface area contributed by atoms with E-state index < -0.39 is 10.0 Å².